The van der Waals surface area contributed by atoms with Gasteiger partial charge in [0.1, 0.15) is 12.4 Å². The van der Waals surface area contributed by atoms with E-state index in [1.807, 2.05) is 0 Å². The molecule has 0 saturated carbocycles. The molecule has 0 bridgehead atoms. The van der Waals surface area contributed by atoms with Gasteiger partial charge in [-0.25, -0.2) is 4.98 Å². The number of halogens is 3. The molecular weight excluding hydrogens is 261 g/mol. The highest BCUT2D eigenvalue weighted by Crippen LogP contribution is 2.23. The van der Waals surface area contributed by atoms with Gasteiger partial charge in [-0.05, 0) is 26.0 Å². The molecule has 1 rings (SSSR count). The van der Waals surface area contributed by atoms with Crippen LogP contribution in [0.5, 0.6) is 0 Å². The lowest BCUT2D eigenvalue weighted by Crippen LogP contribution is -2.39. The van der Waals surface area contributed by atoms with E-state index in [2.05, 4.69) is 10.1 Å². The van der Waals surface area contributed by atoms with Crippen molar-refractivity contribution in [3.63, 3.8) is 0 Å². The Morgan fingerprint density at radius 3 is 2.63 bits per heavy atom. The van der Waals surface area contributed by atoms with Crippen molar-refractivity contribution in [1.82, 2.24) is 4.98 Å². The topological polar surface area (TPSA) is 74.7 Å². The SMILES string of the molecule is CC(C)N(CC(F)(F)F)c1cc(C(N)=NO)ccn1. The van der Waals surface area contributed by atoms with Gasteiger partial charge >= 0.3 is 6.18 Å². The van der Waals surface area contributed by atoms with Crippen LogP contribution in [0.2, 0.25) is 0 Å². The quantitative estimate of drug-likeness (QED) is 0.381. The van der Waals surface area contributed by atoms with Crippen molar-refractivity contribution in [2.24, 2.45) is 10.9 Å². The molecule has 5 nitrogen and oxygen atoms in total. The lowest BCUT2D eigenvalue weighted by molar-refractivity contribution is -0.120. The molecule has 0 aromatic carbocycles. The Balaban J connectivity index is 3.10. The third kappa shape index (κ3) is 4.31. The monoisotopic (exact) mass is 276 g/mol. The molecule has 0 saturated heterocycles. The highest BCUT2D eigenvalue weighted by molar-refractivity contribution is 5.97. The Kier molecular flexibility index (Phi) is 4.57. The summed E-state index contributed by atoms with van der Waals surface area (Å²) in [6.07, 6.45) is -3.02. The Morgan fingerprint density at radius 2 is 2.16 bits per heavy atom. The second kappa shape index (κ2) is 5.77. The van der Waals surface area contributed by atoms with Crippen LogP contribution >= 0.6 is 0 Å². The maximum Gasteiger partial charge on any atom is 0.405 e. The molecule has 1 heterocycles. The Morgan fingerprint density at radius 1 is 1.53 bits per heavy atom. The average Bonchev–Trinajstić information content (AvgIpc) is 2.34. The molecule has 0 radical (unpaired) electrons. The van der Waals surface area contributed by atoms with Gasteiger partial charge in [0.15, 0.2) is 5.84 Å². The minimum absolute atomic E-state index is 0.122. The molecule has 0 spiro atoms. The number of nitrogens with zero attached hydrogens (tertiary/aromatic N) is 3. The van der Waals surface area contributed by atoms with Gasteiger partial charge in [0.25, 0.3) is 0 Å². The van der Waals surface area contributed by atoms with Crippen LogP contribution in [0.25, 0.3) is 0 Å². The van der Waals surface area contributed by atoms with Gasteiger partial charge in [-0.1, -0.05) is 5.16 Å². The van der Waals surface area contributed by atoms with Crippen LogP contribution in [0.3, 0.4) is 0 Å². The molecular formula is C11H15F3N4O. The van der Waals surface area contributed by atoms with E-state index in [0.717, 1.165) is 4.90 Å². The van der Waals surface area contributed by atoms with Gasteiger partial charge in [0, 0.05) is 17.8 Å². The summed E-state index contributed by atoms with van der Waals surface area (Å²) in [5, 5.41) is 11.4. The first kappa shape index (κ1) is 15.1. The second-order valence-corrected chi connectivity index (χ2v) is 4.22. The number of anilines is 1. The van der Waals surface area contributed by atoms with E-state index in [9.17, 15) is 13.2 Å². The van der Waals surface area contributed by atoms with Crippen molar-refractivity contribution in [2.45, 2.75) is 26.1 Å². The van der Waals surface area contributed by atoms with Crippen molar-refractivity contribution < 1.29 is 18.4 Å². The number of amidine groups is 1. The molecule has 1 aromatic heterocycles. The normalized spacial score (nSPS) is 12.8. The fourth-order valence-electron chi connectivity index (χ4n) is 1.51. The Hall–Kier alpha value is -1.99. The largest absolute Gasteiger partial charge is 0.409 e. The zero-order valence-corrected chi connectivity index (χ0v) is 10.5. The minimum atomic E-state index is -4.33. The summed E-state index contributed by atoms with van der Waals surface area (Å²) in [7, 11) is 0. The van der Waals surface area contributed by atoms with Crippen molar-refractivity contribution in [3.8, 4) is 0 Å². The van der Waals surface area contributed by atoms with Crippen molar-refractivity contribution in [1.29, 1.82) is 0 Å². The molecule has 0 amide bonds. The van der Waals surface area contributed by atoms with Gasteiger partial charge in [0.2, 0.25) is 0 Å². The smallest absolute Gasteiger partial charge is 0.405 e. The molecule has 0 aliphatic heterocycles. The molecule has 1 aromatic rings. The zero-order chi connectivity index (χ0) is 14.6. The van der Waals surface area contributed by atoms with Crippen LogP contribution in [-0.4, -0.2) is 34.8 Å². The number of alkyl halides is 3. The van der Waals surface area contributed by atoms with E-state index >= 15 is 0 Å². The van der Waals surface area contributed by atoms with E-state index in [4.69, 9.17) is 10.9 Å². The number of pyridine rings is 1. The predicted octanol–water partition coefficient (Wildman–Crippen LogP) is 1.95. The molecule has 8 heteroatoms. The summed E-state index contributed by atoms with van der Waals surface area (Å²) in [6.45, 7) is 2.14. The fraction of sp³-hybridized carbons (Fsp3) is 0.455. The molecule has 0 atom stereocenters. The van der Waals surface area contributed by atoms with Crippen molar-refractivity contribution >= 4 is 11.7 Å². The summed E-state index contributed by atoms with van der Waals surface area (Å²) < 4.78 is 37.6. The lowest BCUT2D eigenvalue weighted by atomic mass is 10.2. The Labute approximate surface area is 108 Å². The van der Waals surface area contributed by atoms with E-state index < -0.39 is 18.8 Å². The summed E-state index contributed by atoms with van der Waals surface area (Å²) in [6, 6.07) is 2.41. The summed E-state index contributed by atoms with van der Waals surface area (Å²) >= 11 is 0. The molecule has 0 aliphatic rings. The van der Waals surface area contributed by atoms with E-state index in [0.29, 0.717) is 5.56 Å². The van der Waals surface area contributed by atoms with Crippen LogP contribution in [0.4, 0.5) is 19.0 Å². The van der Waals surface area contributed by atoms with Crippen LogP contribution in [0, 0.1) is 0 Å². The van der Waals surface area contributed by atoms with Crippen molar-refractivity contribution in [2.75, 3.05) is 11.4 Å². The number of aromatic nitrogens is 1. The first-order valence-corrected chi connectivity index (χ1v) is 5.52. The van der Waals surface area contributed by atoms with Crippen LogP contribution in [0.15, 0.2) is 23.5 Å². The molecule has 19 heavy (non-hydrogen) atoms. The number of oxime groups is 1. The summed E-state index contributed by atoms with van der Waals surface area (Å²) in [4.78, 5) is 4.99. The third-order valence-corrected chi connectivity index (χ3v) is 2.42. The maximum atomic E-state index is 12.5. The molecule has 0 fully saturated rings. The molecule has 0 unspecified atom stereocenters. The number of hydrogen-bond donors (Lipinski definition) is 2. The lowest BCUT2D eigenvalue weighted by Gasteiger charge is -2.28. The highest BCUT2D eigenvalue weighted by Gasteiger charge is 2.32. The summed E-state index contributed by atoms with van der Waals surface area (Å²) in [5.74, 6) is -0.0595. The van der Waals surface area contributed by atoms with Gasteiger partial charge in [-0.3, -0.25) is 0 Å². The van der Waals surface area contributed by atoms with Crippen LogP contribution in [-0.2, 0) is 0 Å². The van der Waals surface area contributed by atoms with Gasteiger partial charge in [-0.15, -0.1) is 0 Å². The molecule has 106 valence electrons. The number of nitrogens with two attached hydrogens (primary N) is 1. The number of hydrogen-bond acceptors (Lipinski definition) is 4. The van der Waals surface area contributed by atoms with Gasteiger partial charge < -0.3 is 15.8 Å². The standard InChI is InChI=1S/C11H15F3N4O/c1-7(2)18(6-11(12,13)14)9-5-8(3-4-16-9)10(15)17-19/h3-5,7,19H,6H2,1-2H3,(H2,15,17). The van der Waals surface area contributed by atoms with E-state index in [-0.39, 0.29) is 11.7 Å². The average molecular weight is 276 g/mol. The van der Waals surface area contributed by atoms with E-state index in [1.54, 1.807) is 13.8 Å². The second-order valence-electron chi connectivity index (χ2n) is 4.22. The maximum absolute atomic E-state index is 12.5. The van der Waals surface area contributed by atoms with Crippen LogP contribution < -0.4 is 10.6 Å². The Bertz CT molecular complexity index is 459. The fourth-order valence-corrected chi connectivity index (χ4v) is 1.51. The summed E-state index contributed by atoms with van der Waals surface area (Å²) in [5.41, 5.74) is 5.70. The first-order chi connectivity index (χ1) is 8.74. The van der Waals surface area contributed by atoms with Crippen molar-refractivity contribution in [3.05, 3.63) is 23.9 Å². The van der Waals surface area contributed by atoms with E-state index in [1.165, 1.54) is 18.3 Å². The first-order valence-electron chi connectivity index (χ1n) is 5.52. The predicted molar refractivity (Wildman–Crippen MR) is 65.3 cm³/mol. The van der Waals surface area contributed by atoms with Crippen LogP contribution in [0.1, 0.15) is 19.4 Å². The zero-order valence-electron chi connectivity index (χ0n) is 10.5. The van der Waals surface area contributed by atoms with Gasteiger partial charge in [-0.2, -0.15) is 13.2 Å². The molecule has 3 N–H and O–H groups in total. The minimum Gasteiger partial charge on any atom is -0.409 e. The van der Waals surface area contributed by atoms with Gasteiger partial charge in [0.05, 0.1) is 0 Å². The highest BCUT2D eigenvalue weighted by atomic mass is 19.4. The third-order valence-electron chi connectivity index (χ3n) is 2.42. The number of rotatable bonds is 4. The molecule has 0 aliphatic carbocycles.